The molecule has 155 valence electrons. The third-order valence-corrected chi connectivity index (χ3v) is 5.02. The average Bonchev–Trinajstić information content (AvgIpc) is 2.76. The van der Waals surface area contributed by atoms with Crippen molar-refractivity contribution >= 4 is 29.4 Å². The number of carbonyl (C=O) groups is 3. The molecule has 2 amide bonds. The molecule has 6 heteroatoms. The molecule has 27 heavy (non-hydrogen) atoms. The summed E-state index contributed by atoms with van der Waals surface area (Å²) in [6.07, 6.45) is 4.67. The average molecular weight is 473 g/mol. The van der Waals surface area contributed by atoms with Crippen LogP contribution >= 0.6 is 11.8 Å². The summed E-state index contributed by atoms with van der Waals surface area (Å²) in [5.74, 6) is 0.145. The Balaban J connectivity index is 0. The number of carbonyl (C=O) groups excluding carboxylic acids is 3. The molecule has 1 fully saturated rings. The van der Waals surface area contributed by atoms with E-state index in [-0.39, 0.29) is 72.3 Å². The van der Waals surface area contributed by atoms with Crippen LogP contribution in [-0.2, 0) is 47.1 Å². The van der Waals surface area contributed by atoms with Gasteiger partial charge in [0.25, 0.3) is 0 Å². The van der Waals surface area contributed by atoms with Crippen LogP contribution in [0, 0.1) is 30.6 Å². The maximum Gasteiger partial charge on any atom is 0.242 e. The topological polar surface area (TPSA) is 54.5 Å². The minimum Gasteiger partial charge on any atom is -0.343 e. The molecule has 0 aromatic carbocycles. The second-order valence-corrected chi connectivity index (χ2v) is 10.1. The molecule has 0 bridgehead atoms. The summed E-state index contributed by atoms with van der Waals surface area (Å²) in [6, 6.07) is 0. The third kappa shape index (κ3) is 11.1. The molecule has 1 heterocycles. The van der Waals surface area contributed by atoms with E-state index in [1.54, 1.807) is 0 Å². The van der Waals surface area contributed by atoms with Gasteiger partial charge in [0, 0.05) is 51.1 Å². The van der Waals surface area contributed by atoms with Crippen LogP contribution in [0.25, 0.3) is 0 Å². The SMILES string of the molecule is [CH2-]C(CC(C)(C)C)C(=O)C(C)(C)C.[CH2-]CCCN1C(=O)CC(SC)C1=O.[Y]. The van der Waals surface area contributed by atoms with E-state index < -0.39 is 0 Å². The predicted octanol–water partition coefficient (Wildman–Crippen LogP) is 4.58. The summed E-state index contributed by atoms with van der Waals surface area (Å²) in [5, 5.41) is -0.141. The predicted molar refractivity (Wildman–Crippen MR) is 111 cm³/mol. The van der Waals surface area contributed by atoms with Crippen LogP contribution in [0.4, 0.5) is 0 Å². The zero-order valence-corrected chi connectivity index (χ0v) is 21.9. The van der Waals surface area contributed by atoms with Crippen molar-refractivity contribution in [2.24, 2.45) is 16.7 Å². The van der Waals surface area contributed by atoms with Crippen molar-refractivity contribution in [3.63, 3.8) is 0 Å². The zero-order chi connectivity index (χ0) is 20.7. The molecule has 0 spiro atoms. The molecule has 4 nitrogen and oxygen atoms in total. The maximum atomic E-state index is 11.8. The first-order valence-corrected chi connectivity index (χ1v) is 10.6. The Morgan fingerprint density at radius 1 is 1.22 bits per heavy atom. The van der Waals surface area contributed by atoms with Crippen LogP contribution < -0.4 is 0 Å². The van der Waals surface area contributed by atoms with E-state index in [0.717, 1.165) is 19.3 Å². The summed E-state index contributed by atoms with van der Waals surface area (Å²) in [7, 11) is 0. The van der Waals surface area contributed by atoms with Crippen molar-refractivity contribution in [3.8, 4) is 0 Å². The van der Waals surface area contributed by atoms with Crippen molar-refractivity contribution in [3.05, 3.63) is 13.8 Å². The Kier molecular flexibility index (Phi) is 13.9. The minimum absolute atomic E-state index is 0. The molecule has 1 saturated heterocycles. The van der Waals surface area contributed by atoms with E-state index in [4.69, 9.17) is 0 Å². The summed E-state index contributed by atoms with van der Waals surface area (Å²) in [4.78, 5) is 36.0. The van der Waals surface area contributed by atoms with Crippen molar-refractivity contribution in [1.82, 2.24) is 4.90 Å². The quantitative estimate of drug-likeness (QED) is 0.420. The van der Waals surface area contributed by atoms with Crippen molar-refractivity contribution in [2.45, 2.75) is 72.5 Å². The molecule has 0 aliphatic carbocycles. The number of unbranched alkanes of at least 4 members (excludes halogenated alkanes) is 1. The van der Waals surface area contributed by atoms with Gasteiger partial charge in [-0.3, -0.25) is 14.5 Å². The van der Waals surface area contributed by atoms with Gasteiger partial charge in [-0.25, -0.2) is 0 Å². The van der Waals surface area contributed by atoms with E-state index in [2.05, 4.69) is 34.6 Å². The standard InChI is InChI=1S/C12H23O.C9H14NO2S.Y/c1-9(8-11(2,3)4)10(13)12(5,6)7;1-3-4-5-10-8(11)6-7(13-2)9(10)12;/h9H,1,8H2,2-7H3;7H,1,3-6H2,2H3;/q2*-1;. The van der Waals surface area contributed by atoms with Gasteiger partial charge in [0.1, 0.15) is 5.78 Å². The minimum atomic E-state index is -0.252. The fraction of sp³-hybridized carbons (Fsp3) is 0.762. The molecule has 1 rings (SSSR count). The molecule has 1 aliphatic rings. The van der Waals surface area contributed by atoms with Gasteiger partial charge in [-0.2, -0.15) is 18.2 Å². The Morgan fingerprint density at radius 2 is 1.74 bits per heavy atom. The van der Waals surface area contributed by atoms with Crippen LogP contribution in [0.5, 0.6) is 0 Å². The van der Waals surface area contributed by atoms with E-state index >= 15 is 0 Å². The van der Waals surface area contributed by atoms with Crippen LogP contribution in [0.15, 0.2) is 0 Å². The number of hydrogen-bond acceptors (Lipinski definition) is 4. The Morgan fingerprint density at radius 3 is 2.07 bits per heavy atom. The number of ketones is 1. The number of hydrogen-bond donors (Lipinski definition) is 0. The van der Waals surface area contributed by atoms with Crippen LogP contribution in [0.2, 0.25) is 0 Å². The maximum absolute atomic E-state index is 11.8. The van der Waals surface area contributed by atoms with Gasteiger partial charge < -0.3 is 18.6 Å². The number of imide groups is 1. The van der Waals surface area contributed by atoms with Crippen molar-refractivity contribution < 1.29 is 47.1 Å². The molecule has 1 radical (unpaired) electrons. The number of amides is 2. The second kappa shape index (κ2) is 12.7. The summed E-state index contributed by atoms with van der Waals surface area (Å²) in [6.45, 7) is 20.4. The van der Waals surface area contributed by atoms with Crippen LogP contribution in [0.3, 0.4) is 0 Å². The molecule has 2 atom stereocenters. The zero-order valence-electron chi connectivity index (χ0n) is 18.3. The van der Waals surface area contributed by atoms with E-state index in [0.29, 0.717) is 13.0 Å². The van der Waals surface area contributed by atoms with Gasteiger partial charge >= 0.3 is 0 Å². The number of Topliss-reactive ketones (excluding diaryl/α,β-unsaturated/α-hetero) is 1. The number of rotatable bonds is 6. The first-order valence-electron chi connectivity index (χ1n) is 9.28. The fourth-order valence-corrected chi connectivity index (χ4v) is 3.42. The van der Waals surface area contributed by atoms with E-state index in [1.165, 1.54) is 16.7 Å². The molecule has 0 aromatic rings. The molecule has 2 unspecified atom stereocenters. The summed E-state index contributed by atoms with van der Waals surface area (Å²) >= 11 is 1.45. The van der Waals surface area contributed by atoms with Gasteiger partial charge in [0.15, 0.2) is 0 Å². The Bertz CT molecular complexity index is 495. The molecule has 0 N–H and O–H groups in total. The van der Waals surface area contributed by atoms with E-state index in [9.17, 15) is 14.4 Å². The van der Waals surface area contributed by atoms with Crippen LogP contribution in [0.1, 0.15) is 67.2 Å². The molecule has 1 aliphatic heterocycles. The van der Waals surface area contributed by atoms with Gasteiger partial charge in [-0.1, -0.05) is 54.4 Å². The molecule has 0 aromatic heterocycles. The van der Waals surface area contributed by atoms with Crippen molar-refractivity contribution in [2.75, 3.05) is 12.8 Å². The van der Waals surface area contributed by atoms with E-state index in [1.807, 2.05) is 27.0 Å². The largest absolute Gasteiger partial charge is 0.343 e. The monoisotopic (exact) mass is 472 g/mol. The van der Waals surface area contributed by atoms with Crippen LogP contribution in [-0.4, -0.2) is 40.5 Å². The summed E-state index contributed by atoms with van der Waals surface area (Å²) in [5.41, 5.74) is -0.0645. The first kappa shape index (κ1) is 29.5. The second-order valence-electron chi connectivity index (χ2n) is 9.10. The number of nitrogens with zero attached hydrogens (tertiary/aromatic N) is 1. The molecule has 0 saturated carbocycles. The smallest absolute Gasteiger partial charge is 0.242 e. The Hall–Kier alpha value is 0.264. The fourth-order valence-electron chi connectivity index (χ4n) is 2.79. The first-order chi connectivity index (χ1) is 11.7. The third-order valence-electron chi connectivity index (χ3n) is 4.09. The Labute approximate surface area is 196 Å². The van der Waals surface area contributed by atoms with Crippen molar-refractivity contribution in [1.29, 1.82) is 0 Å². The van der Waals surface area contributed by atoms with Gasteiger partial charge in [0.2, 0.25) is 11.8 Å². The number of likely N-dealkylation sites (tertiary alicyclic amines) is 1. The van der Waals surface area contributed by atoms with Gasteiger partial charge in [-0.15, -0.1) is 5.92 Å². The molecular formula is C21H37NO3SY-2. The normalized spacial score (nSPS) is 18.6. The number of thioether (sulfide) groups is 1. The summed E-state index contributed by atoms with van der Waals surface area (Å²) < 4.78 is 0. The molecular weight excluding hydrogens is 435 g/mol. The van der Waals surface area contributed by atoms with Gasteiger partial charge in [-0.05, 0) is 11.7 Å². The van der Waals surface area contributed by atoms with Gasteiger partial charge in [0.05, 0.1) is 5.25 Å².